The lowest BCUT2D eigenvalue weighted by Crippen LogP contribution is -2.43. The standard InChI is InChI=1S/C12H13ClN4/c13-9-7-10-12(16-8-9)11(1-2-15-10)17-5-3-14-4-6-17/h1-2,7-8,14H,3-6H2. The highest BCUT2D eigenvalue weighted by atomic mass is 35.5. The molecule has 1 aliphatic heterocycles. The van der Waals surface area contributed by atoms with Gasteiger partial charge in [-0.25, -0.2) is 0 Å². The number of aromatic nitrogens is 2. The Balaban J connectivity index is 2.09. The van der Waals surface area contributed by atoms with Crippen molar-refractivity contribution < 1.29 is 0 Å². The summed E-state index contributed by atoms with van der Waals surface area (Å²) in [5.74, 6) is 0. The smallest absolute Gasteiger partial charge is 0.112 e. The molecule has 3 heterocycles. The average molecular weight is 249 g/mol. The molecule has 1 saturated heterocycles. The van der Waals surface area contributed by atoms with Crippen LogP contribution in [0.2, 0.25) is 5.02 Å². The molecule has 4 nitrogen and oxygen atoms in total. The van der Waals surface area contributed by atoms with Crippen molar-refractivity contribution in [3.8, 4) is 0 Å². The Kier molecular flexibility index (Phi) is 2.82. The molecular formula is C12H13ClN4. The van der Waals surface area contributed by atoms with E-state index < -0.39 is 0 Å². The van der Waals surface area contributed by atoms with Crippen molar-refractivity contribution in [3.05, 3.63) is 29.5 Å². The molecule has 0 radical (unpaired) electrons. The van der Waals surface area contributed by atoms with Crippen LogP contribution in [0, 0.1) is 0 Å². The van der Waals surface area contributed by atoms with E-state index in [1.54, 1.807) is 6.20 Å². The van der Waals surface area contributed by atoms with Gasteiger partial charge in [0.25, 0.3) is 0 Å². The van der Waals surface area contributed by atoms with Gasteiger partial charge in [-0.3, -0.25) is 9.97 Å². The van der Waals surface area contributed by atoms with E-state index in [4.69, 9.17) is 11.6 Å². The lowest BCUT2D eigenvalue weighted by Gasteiger charge is -2.29. The Morgan fingerprint density at radius 2 is 2.06 bits per heavy atom. The highest BCUT2D eigenvalue weighted by molar-refractivity contribution is 6.31. The van der Waals surface area contributed by atoms with E-state index in [-0.39, 0.29) is 0 Å². The normalized spacial score (nSPS) is 16.4. The Morgan fingerprint density at radius 3 is 2.88 bits per heavy atom. The molecule has 0 bridgehead atoms. The molecular weight excluding hydrogens is 236 g/mol. The molecule has 2 aromatic rings. The maximum absolute atomic E-state index is 5.93. The Labute approximate surface area is 105 Å². The number of nitrogens with zero attached hydrogens (tertiary/aromatic N) is 3. The van der Waals surface area contributed by atoms with Gasteiger partial charge >= 0.3 is 0 Å². The van der Waals surface area contributed by atoms with E-state index in [0.29, 0.717) is 5.02 Å². The second kappa shape index (κ2) is 4.47. The van der Waals surface area contributed by atoms with E-state index in [2.05, 4.69) is 20.2 Å². The second-order valence-electron chi connectivity index (χ2n) is 4.09. The largest absolute Gasteiger partial charge is 0.367 e. The van der Waals surface area contributed by atoms with Gasteiger partial charge < -0.3 is 10.2 Å². The van der Waals surface area contributed by atoms with Gasteiger partial charge in [0.05, 0.1) is 16.2 Å². The Hall–Kier alpha value is -1.39. The first-order chi connectivity index (χ1) is 8.34. The topological polar surface area (TPSA) is 41.1 Å². The molecule has 0 aliphatic carbocycles. The second-order valence-corrected chi connectivity index (χ2v) is 4.52. The zero-order valence-corrected chi connectivity index (χ0v) is 10.1. The number of nitrogens with one attached hydrogen (secondary N) is 1. The molecule has 1 aliphatic rings. The summed E-state index contributed by atoms with van der Waals surface area (Å²) in [6, 6.07) is 3.88. The zero-order chi connectivity index (χ0) is 11.7. The maximum atomic E-state index is 5.93. The minimum absolute atomic E-state index is 0.627. The Bertz CT molecular complexity index is 537. The van der Waals surface area contributed by atoms with Crippen LogP contribution in [-0.2, 0) is 0 Å². The van der Waals surface area contributed by atoms with Gasteiger partial charge in [-0.2, -0.15) is 0 Å². The van der Waals surface area contributed by atoms with Crippen LogP contribution in [0.5, 0.6) is 0 Å². The summed E-state index contributed by atoms with van der Waals surface area (Å²) in [4.78, 5) is 11.0. The first kappa shape index (κ1) is 10.7. The van der Waals surface area contributed by atoms with Crippen molar-refractivity contribution >= 4 is 28.3 Å². The molecule has 0 unspecified atom stereocenters. The van der Waals surface area contributed by atoms with Crippen molar-refractivity contribution in [1.29, 1.82) is 0 Å². The van der Waals surface area contributed by atoms with Crippen molar-refractivity contribution in [3.63, 3.8) is 0 Å². The summed E-state index contributed by atoms with van der Waals surface area (Å²) in [7, 11) is 0. The number of fused-ring (bicyclic) bond motifs is 1. The maximum Gasteiger partial charge on any atom is 0.112 e. The van der Waals surface area contributed by atoms with Crippen molar-refractivity contribution in [2.24, 2.45) is 0 Å². The summed E-state index contributed by atoms with van der Waals surface area (Å²) >= 11 is 5.93. The number of hydrogen-bond acceptors (Lipinski definition) is 4. The molecule has 0 aromatic carbocycles. The zero-order valence-electron chi connectivity index (χ0n) is 9.36. The number of anilines is 1. The van der Waals surface area contributed by atoms with Crippen LogP contribution in [0.25, 0.3) is 11.0 Å². The van der Waals surface area contributed by atoms with Crippen molar-refractivity contribution in [2.75, 3.05) is 31.1 Å². The molecule has 0 atom stereocenters. The summed E-state index contributed by atoms with van der Waals surface area (Å²) in [6.45, 7) is 4.03. The van der Waals surface area contributed by atoms with Crippen LogP contribution in [-0.4, -0.2) is 36.1 Å². The van der Waals surface area contributed by atoms with Crippen LogP contribution in [0.4, 0.5) is 5.69 Å². The molecule has 2 aromatic heterocycles. The predicted molar refractivity (Wildman–Crippen MR) is 69.6 cm³/mol. The first-order valence-electron chi connectivity index (χ1n) is 5.70. The first-order valence-corrected chi connectivity index (χ1v) is 6.08. The number of hydrogen-bond donors (Lipinski definition) is 1. The van der Waals surface area contributed by atoms with E-state index >= 15 is 0 Å². The minimum atomic E-state index is 0.627. The van der Waals surface area contributed by atoms with E-state index in [1.807, 2.05) is 18.3 Å². The molecule has 3 rings (SSSR count). The molecule has 0 amide bonds. The summed E-state index contributed by atoms with van der Waals surface area (Å²) < 4.78 is 0. The fourth-order valence-electron chi connectivity index (χ4n) is 2.15. The number of piperazine rings is 1. The monoisotopic (exact) mass is 248 g/mol. The third-order valence-corrected chi connectivity index (χ3v) is 3.19. The molecule has 1 N–H and O–H groups in total. The molecule has 1 fully saturated rings. The van der Waals surface area contributed by atoms with Gasteiger partial charge in [0.2, 0.25) is 0 Å². The van der Waals surface area contributed by atoms with E-state index in [9.17, 15) is 0 Å². The SMILES string of the molecule is Clc1cnc2c(N3CCNCC3)ccnc2c1. The molecule has 0 saturated carbocycles. The predicted octanol–water partition coefficient (Wildman–Crippen LogP) is 1.69. The van der Waals surface area contributed by atoms with Crippen LogP contribution >= 0.6 is 11.6 Å². The van der Waals surface area contributed by atoms with Crippen molar-refractivity contribution in [2.45, 2.75) is 0 Å². The molecule has 5 heteroatoms. The quantitative estimate of drug-likeness (QED) is 0.834. The molecule has 17 heavy (non-hydrogen) atoms. The lowest BCUT2D eigenvalue weighted by molar-refractivity contribution is 0.590. The van der Waals surface area contributed by atoms with Gasteiger partial charge in [0.1, 0.15) is 5.52 Å². The highest BCUT2D eigenvalue weighted by Crippen LogP contribution is 2.25. The van der Waals surface area contributed by atoms with E-state index in [1.165, 1.54) is 0 Å². The van der Waals surface area contributed by atoms with Crippen LogP contribution in [0.3, 0.4) is 0 Å². The molecule has 0 spiro atoms. The Morgan fingerprint density at radius 1 is 1.24 bits per heavy atom. The lowest BCUT2D eigenvalue weighted by atomic mass is 10.2. The van der Waals surface area contributed by atoms with E-state index in [0.717, 1.165) is 42.9 Å². The van der Waals surface area contributed by atoms with Gasteiger partial charge in [0.15, 0.2) is 0 Å². The third kappa shape index (κ3) is 2.06. The van der Waals surface area contributed by atoms with Crippen LogP contribution < -0.4 is 10.2 Å². The van der Waals surface area contributed by atoms with Gasteiger partial charge in [-0.1, -0.05) is 11.6 Å². The average Bonchev–Trinajstić information content (AvgIpc) is 2.39. The van der Waals surface area contributed by atoms with Crippen LogP contribution in [0.1, 0.15) is 0 Å². The summed E-state index contributed by atoms with van der Waals surface area (Å²) in [6.07, 6.45) is 3.50. The van der Waals surface area contributed by atoms with Gasteiger partial charge in [-0.05, 0) is 12.1 Å². The van der Waals surface area contributed by atoms with Crippen molar-refractivity contribution in [1.82, 2.24) is 15.3 Å². The fraction of sp³-hybridized carbons (Fsp3) is 0.333. The summed E-state index contributed by atoms with van der Waals surface area (Å²) in [5.41, 5.74) is 2.93. The molecule has 88 valence electrons. The van der Waals surface area contributed by atoms with Crippen LogP contribution in [0.15, 0.2) is 24.5 Å². The number of pyridine rings is 2. The number of halogens is 1. The van der Waals surface area contributed by atoms with Gasteiger partial charge in [-0.15, -0.1) is 0 Å². The highest BCUT2D eigenvalue weighted by Gasteiger charge is 2.14. The fourth-order valence-corrected chi connectivity index (χ4v) is 2.30. The number of rotatable bonds is 1. The van der Waals surface area contributed by atoms with Gasteiger partial charge in [0, 0.05) is 38.6 Å². The minimum Gasteiger partial charge on any atom is -0.367 e. The summed E-state index contributed by atoms with van der Waals surface area (Å²) in [5, 5.41) is 3.97. The third-order valence-electron chi connectivity index (χ3n) is 2.98.